The SMILES string of the molecule is CN=Cc1ccc(N2C[C@H](NC(=O)C(C)(C)N3CCCCC3)C[C@H](C(F)(F)F)C2)c2cccnc12. The summed E-state index contributed by atoms with van der Waals surface area (Å²) in [6.45, 7) is 5.53. The minimum atomic E-state index is -4.35. The Kier molecular flexibility index (Phi) is 7.35. The van der Waals surface area contributed by atoms with Crippen LogP contribution in [-0.4, -0.2) is 73.0 Å². The number of anilines is 1. The van der Waals surface area contributed by atoms with Gasteiger partial charge in [-0.05, 0) is 70.5 Å². The Morgan fingerprint density at radius 3 is 2.57 bits per heavy atom. The molecular formula is C26H34F3N5O. The highest BCUT2D eigenvalue weighted by Crippen LogP contribution is 2.37. The van der Waals surface area contributed by atoms with Gasteiger partial charge >= 0.3 is 6.18 Å². The number of carbonyl (C=O) groups is 1. The zero-order valence-electron chi connectivity index (χ0n) is 20.6. The Hall–Kier alpha value is -2.68. The molecule has 1 N–H and O–H groups in total. The molecule has 35 heavy (non-hydrogen) atoms. The van der Waals surface area contributed by atoms with Crippen molar-refractivity contribution in [1.82, 2.24) is 15.2 Å². The lowest BCUT2D eigenvalue weighted by Gasteiger charge is -2.43. The van der Waals surface area contributed by atoms with Crippen molar-refractivity contribution < 1.29 is 18.0 Å². The molecule has 0 spiro atoms. The predicted molar refractivity (Wildman–Crippen MR) is 133 cm³/mol. The van der Waals surface area contributed by atoms with Crippen LogP contribution >= 0.6 is 0 Å². The maximum Gasteiger partial charge on any atom is 0.393 e. The number of alkyl halides is 3. The van der Waals surface area contributed by atoms with E-state index in [1.807, 2.05) is 32.0 Å². The van der Waals surface area contributed by atoms with Gasteiger partial charge in [-0.1, -0.05) is 6.42 Å². The number of hydrogen-bond acceptors (Lipinski definition) is 5. The van der Waals surface area contributed by atoms with E-state index < -0.39 is 23.7 Å². The summed E-state index contributed by atoms with van der Waals surface area (Å²) < 4.78 is 41.9. The van der Waals surface area contributed by atoms with Crippen LogP contribution in [0.3, 0.4) is 0 Å². The van der Waals surface area contributed by atoms with E-state index in [1.54, 1.807) is 30.4 Å². The molecule has 0 radical (unpaired) electrons. The van der Waals surface area contributed by atoms with Gasteiger partial charge in [0.15, 0.2) is 0 Å². The molecule has 0 aliphatic carbocycles. The molecule has 0 saturated carbocycles. The number of benzene rings is 1. The topological polar surface area (TPSA) is 60.8 Å². The van der Waals surface area contributed by atoms with Gasteiger partial charge in [0, 0.05) is 55.2 Å². The third-order valence-corrected chi connectivity index (χ3v) is 7.34. The van der Waals surface area contributed by atoms with Crippen molar-refractivity contribution in [2.75, 3.05) is 38.1 Å². The van der Waals surface area contributed by atoms with E-state index in [0.717, 1.165) is 43.3 Å². The largest absolute Gasteiger partial charge is 0.393 e. The highest BCUT2D eigenvalue weighted by molar-refractivity contribution is 6.03. The smallest absolute Gasteiger partial charge is 0.368 e. The zero-order valence-corrected chi connectivity index (χ0v) is 20.6. The Morgan fingerprint density at radius 2 is 1.89 bits per heavy atom. The molecule has 1 aromatic carbocycles. The molecule has 2 atom stereocenters. The number of pyridine rings is 1. The minimum absolute atomic E-state index is 0.126. The van der Waals surface area contributed by atoms with Crippen molar-refractivity contribution in [3.63, 3.8) is 0 Å². The van der Waals surface area contributed by atoms with Crippen LogP contribution in [0.1, 0.15) is 45.1 Å². The van der Waals surface area contributed by atoms with Crippen LogP contribution in [0.25, 0.3) is 10.9 Å². The third kappa shape index (κ3) is 5.44. The molecule has 1 aromatic heterocycles. The van der Waals surface area contributed by atoms with Gasteiger partial charge in [0.05, 0.1) is 17.0 Å². The first-order valence-corrected chi connectivity index (χ1v) is 12.3. The van der Waals surface area contributed by atoms with Crippen molar-refractivity contribution in [3.8, 4) is 0 Å². The minimum Gasteiger partial charge on any atom is -0.368 e. The quantitative estimate of drug-likeness (QED) is 0.632. The average molecular weight is 490 g/mol. The van der Waals surface area contributed by atoms with Gasteiger partial charge in [0.2, 0.25) is 5.91 Å². The number of carbonyl (C=O) groups excluding carboxylic acids is 1. The number of piperidine rings is 2. The molecule has 2 fully saturated rings. The van der Waals surface area contributed by atoms with Crippen molar-refractivity contribution in [3.05, 3.63) is 36.0 Å². The van der Waals surface area contributed by atoms with E-state index in [4.69, 9.17) is 0 Å². The number of nitrogens with zero attached hydrogens (tertiary/aromatic N) is 4. The number of fused-ring (bicyclic) bond motifs is 1. The second-order valence-electron chi connectivity index (χ2n) is 10.1. The molecule has 2 saturated heterocycles. The summed E-state index contributed by atoms with van der Waals surface area (Å²) in [5.74, 6) is -1.75. The summed E-state index contributed by atoms with van der Waals surface area (Å²) in [5.41, 5.74) is 1.42. The Labute approximate surface area is 204 Å². The number of hydrogen-bond donors (Lipinski definition) is 1. The molecule has 190 valence electrons. The van der Waals surface area contributed by atoms with Crippen molar-refractivity contribution >= 4 is 28.7 Å². The number of aliphatic imine (C=N–C) groups is 1. The molecule has 0 bridgehead atoms. The van der Waals surface area contributed by atoms with Crippen molar-refractivity contribution in [2.45, 2.75) is 57.3 Å². The van der Waals surface area contributed by atoms with E-state index in [-0.39, 0.29) is 18.9 Å². The number of rotatable bonds is 5. The molecule has 0 unspecified atom stereocenters. The molecule has 2 aliphatic rings. The molecule has 1 amide bonds. The number of likely N-dealkylation sites (tertiary alicyclic amines) is 1. The summed E-state index contributed by atoms with van der Waals surface area (Å²) in [5, 5.41) is 3.75. The van der Waals surface area contributed by atoms with Gasteiger partial charge in [0.25, 0.3) is 0 Å². The van der Waals surface area contributed by atoms with Crippen LogP contribution in [0.15, 0.2) is 35.5 Å². The van der Waals surface area contributed by atoms with Gasteiger partial charge in [-0.25, -0.2) is 0 Å². The molecular weight excluding hydrogens is 455 g/mol. The van der Waals surface area contributed by atoms with E-state index in [2.05, 4.69) is 20.2 Å². The monoisotopic (exact) mass is 489 g/mol. The van der Waals surface area contributed by atoms with Gasteiger partial charge < -0.3 is 10.2 Å². The van der Waals surface area contributed by atoms with Crippen LogP contribution in [0.2, 0.25) is 0 Å². The van der Waals surface area contributed by atoms with Crippen LogP contribution in [0, 0.1) is 5.92 Å². The summed E-state index contributed by atoms with van der Waals surface area (Å²) in [6, 6.07) is 6.70. The first-order chi connectivity index (χ1) is 16.6. The van der Waals surface area contributed by atoms with E-state index >= 15 is 0 Å². The summed E-state index contributed by atoms with van der Waals surface area (Å²) in [6.07, 6.45) is 2.09. The maximum absolute atomic E-state index is 14.0. The molecule has 9 heteroatoms. The van der Waals surface area contributed by atoms with Gasteiger partial charge in [-0.3, -0.25) is 19.7 Å². The Bertz CT molecular complexity index is 1080. The zero-order chi connectivity index (χ0) is 25.2. The molecule has 6 nitrogen and oxygen atoms in total. The fraction of sp³-hybridized carbons (Fsp3) is 0.577. The molecule has 4 rings (SSSR count). The van der Waals surface area contributed by atoms with E-state index in [0.29, 0.717) is 17.7 Å². The summed E-state index contributed by atoms with van der Waals surface area (Å²) in [4.78, 5) is 25.7. The fourth-order valence-electron chi connectivity index (χ4n) is 5.29. The van der Waals surface area contributed by atoms with Crippen molar-refractivity contribution in [2.24, 2.45) is 10.9 Å². The average Bonchev–Trinajstić information content (AvgIpc) is 2.84. The van der Waals surface area contributed by atoms with Gasteiger partial charge in [0.1, 0.15) is 0 Å². The van der Waals surface area contributed by atoms with Crippen molar-refractivity contribution in [1.29, 1.82) is 0 Å². The lowest BCUT2D eigenvalue weighted by Crippen LogP contribution is -2.61. The first kappa shape index (κ1) is 25.4. The Morgan fingerprint density at radius 1 is 1.14 bits per heavy atom. The summed E-state index contributed by atoms with van der Waals surface area (Å²) >= 11 is 0. The van der Waals surface area contributed by atoms with Crippen LogP contribution < -0.4 is 10.2 Å². The summed E-state index contributed by atoms with van der Waals surface area (Å²) in [7, 11) is 1.67. The second kappa shape index (κ2) is 10.1. The predicted octanol–water partition coefficient (Wildman–Crippen LogP) is 4.42. The van der Waals surface area contributed by atoms with E-state index in [1.165, 1.54) is 0 Å². The van der Waals surface area contributed by atoms with Crippen LogP contribution in [-0.2, 0) is 4.79 Å². The normalized spacial score (nSPS) is 22.6. The highest BCUT2D eigenvalue weighted by Gasteiger charge is 2.46. The standard InChI is InChI=1S/C26H34F3N5O/c1-25(2,34-12-5-4-6-13-34)24(35)32-20-14-19(26(27,28)29)16-33(17-20)22-10-9-18(15-30-3)23-21(22)8-7-11-31-23/h7-11,15,19-20H,4-6,12-14,16-17H2,1-3H3,(H,32,35)/t19-,20+/m0/s1. The first-order valence-electron chi connectivity index (χ1n) is 12.3. The number of amides is 1. The van der Waals surface area contributed by atoms with Crippen LogP contribution in [0.4, 0.5) is 18.9 Å². The second-order valence-corrected chi connectivity index (χ2v) is 10.1. The lowest BCUT2D eigenvalue weighted by atomic mass is 9.91. The Balaban J connectivity index is 1.62. The number of nitrogens with one attached hydrogen (secondary N) is 1. The lowest BCUT2D eigenvalue weighted by molar-refractivity contribution is -0.178. The van der Waals surface area contributed by atoms with Gasteiger partial charge in [-0.15, -0.1) is 0 Å². The fourth-order valence-corrected chi connectivity index (χ4v) is 5.29. The molecule has 2 aliphatic heterocycles. The molecule has 2 aromatic rings. The molecule has 3 heterocycles. The van der Waals surface area contributed by atoms with Crippen LogP contribution in [0.5, 0.6) is 0 Å². The highest BCUT2D eigenvalue weighted by atomic mass is 19.4. The number of halogens is 3. The third-order valence-electron chi connectivity index (χ3n) is 7.34. The van der Waals surface area contributed by atoms with E-state index in [9.17, 15) is 18.0 Å². The van der Waals surface area contributed by atoms with Gasteiger partial charge in [-0.2, -0.15) is 13.2 Å². The maximum atomic E-state index is 14.0. The number of aromatic nitrogens is 1.